The van der Waals surface area contributed by atoms with Gasteiger partial charge in [0.15, 0.2) is 0 Å². The van der Waals surface area contributed by atoms with Crippen LogP contribution in [0.1, 0.15) is 52.7 Å². The Morgan fingerprint density at radius 1 is 0.556 bits per heavy atom. The summed E-state index contributed by atoms with van der Waals surface area (Å²) in [5.74, 6) is 0. The van der Waals surface area contributed by atoms with Crippen molar-refractivity contribution in [2.75, 3.05) is 0 Å². The van der Waals surface area contributed by atoms with E-state index in [1.54, 1.807) is 0 Å². The Bertz CT molecular complexity index is 841. The van der Waals surface area contributed by atoms with Crippen LogP contribution in [-0.4, -0.2) is 0 Å². The van der Waals surface area contributed by atoms with E-state index in [0.29, 0.717) is 0 Å². The molecule has 3 aromatic rings. The molecule has 0 fully saturated rings. The van der Waals surface area contributed by atoms with Crippen LogP contribution in [0.4, 0.5) is 0 Å². The molecular weight excluding hydrogens is 343 g/mol. The van der Waals surface area contributed by atoms with Crippen LogP contribution >= 0.6 is 7.92 Å². The van der Waals surface area contributed by atoms with Gasteiger partial charge in [0.2, 0.25) is 0 Å². The highest BCUT2D eigenvalue weighted by molar-refractivity contribution is 7.79. The van der Waals surface area contributed by atoms with Gasteiger partial charge < -0.3 is 0 Å². The van der Waals surface area contributed by atoms with E-state index in [-0.39, 0.29) is 10.8 Å². The summed E-state index contributed by atoms with van der Waals surface area (Å²) in [6, 6.07) is 29.2. The van der Waals surface area contributed by atoms with Crippen LogP contribution in [0.25, 0.3) is 0 Å². The number of benzene rings is 3. The van der Waals surface area contributed by atoms with Crippen LogP contribution in [-0.2, 0) is 10.8 Å². The quantitative estimate of drug-likeness (QED) is 0.490. The molecule has 0 aliphatic heterocycles. The standard InChI is InChI=1S/C26H31P/c1-25(2,3)20-17-18-24(23(19-20)26(4,5)6)27(21-13-9-7-10-14-21)22-15-11-8-12-16-22/h7-19H,1-6H3. The summed E-state index contributed by atoms with van der Waals surface area (Å²) >= 11 is 0. The molecule has 0 bridgehead atoms. The molecule has 0 heterocycles. The lowest BCUT2D eigenvalue weighted by Gasteiger charge is -2.31. The number of rotatable bonds is 3. The van der Waals surface area contributed by atoms with Crippen molar-refractivity contribution in [1.29, 1.82) is 0 Å². The van der Waals surface area contributed by atoms with Crippen LogP contribution in [0.15, 0.2) is 78.9 Å². The van der Waals surface area contributed by atoms with E-state index < -0.39 is 7.92 Å². The molecular formula is C26H31P. The predicted molar refractivity (Wildman–Crippen MR) is 123 cm³/mol. The van der Waals surface area contributed by atoms with Gasteiger partial charge in [-0.3, -0.25) is 0 Å². The van der Waals surface area contributed by atoms with Crippen molar-refractivity contribution in [2.24, 2.45) is 0 Å². The van der Waals surface area contributed by atoms with Crippen molar-refractivity contribution in [3.8, 4) is 0 Å². The highest BCUT2D eigenvalue weighted by atomic mass is 31.1. The Labute approximate surface area is 166 Å². The molecule has 0 radical (unpaired) electrons. The van der Waals surface area contributed by atoms with E-state index in [0.717, 1.165) is 0 Å². The number of hydrogen-bond donors (Lipinski definition) is 0. The minimum absolute atomic E-state index is 0.0980. The third kappa shape index (κ3) is 4.50. The Balaban J connectivity index is 2.26. The lowest BCUT2D eigenvalue weighted by atomic mass is 9.81. The van der Waals surface area contributed by atoms with Crippen molar-refractivity contribution in [2.45, 2.75) is 52.4 Å². The van der Waals surface area contributed by atoms with Gasteiger partial charge in [0.25, 0.3) is 0 Å². The fourth-order valence-electron chi connectivity index (χ4n) is 3.38. The Kier molecular flexibility index (Phi) is 5.59. The zero-order chi connectivity index (χ0) is 19.7. The van der Waals surface area contributed by atoms with Gasteiger partial charge in [-0.1, -0.05) is 120 Å². The summed E-state index contributed by atoms with van der Waals surface area (Å²) in [5.41, 5.74) is 3.13. The SMILES string of the molecule is CC(C)(C)c1ccc(P(c2ccccc2)c2ccccc2)c(C(C)(C)C)c1. The molecule has 27 heavy (non-hydrogen) atoms. The average molecular weight is 375 g/mol. The molecule has 0 N–H and O–H groups in total. The molecule has 0 spiro atoms. The second-order valence-corrected chi connectivity index (χ2v) is 11.4. The van der Waals surface area contributed by atoms with Gasteiger partial charge >= 0.3 is 0 Å². The van der Waals surface area contributed by atoms with Gasteiger partial charge in [-0.15, -0.1) is 0 Å². The van der Waals surface area contributed by atoms with Crippen LogP contribution in [0, 0.1) is 0 Å². The molecule has 0 nitrogen and oxygen atoms in total. The third-order valence-corrected chi connectivity index (χ3v) is 7.44. The summed E-state index contributed by atoms with van der Waals surface area (Å²) in [7, 11) is -0.579. The minimum Gasteiger partial charge on any atom is -0.0622 e. The Hall–Kier alpha value is -1.91. The van der Waals surface area contributed by atoms with E-state index in [4.69, 9.17) is 0 Å². The van der Waals surface area contributed by atoms with Gasteiger partial charge in [0.05, 0.1) is 0 Å². The first kappa shape index (κ1) is 19.8. The third-order valence-electron chi connectivity index (χ3n) is 4.94. The first-order valence-corrected chi connectivity index (χ1v) is 11.1. The number of hydrogen-bond acceptors (Lipinski definition) is 0. The maximum Gasteiger partial charge on any atom is -0.0114 e. The summed E-state index contributed by atoms with van der Waals surface area (Å²) in [6.45, 7) is 13.9. The zero-order valence-electron chi connectivity index (χ0n) is 17.5. The maximum atomic E-state index is 2.45. The van der Waals surface area contributed by atoms with E-state index in [1.165, 1.54) is 27.0 Å². The van der Waals surface area contributed by atoms with Gasteiger partial charge in [-0.2, -0.15) is 0 Å². The predicted octanol–water partition coefficient (Wildman–Crippen LogP) is 6.04. The van der Waals surface area contributed by atoms with E-state index in [9.17, 15) is 0 Å². The minimum atomic E-state index is -0.579. The lowest BCUT2D eigenvalue weighted by Crippen LogP contribution is -2.29. The van der Waals surface area contributed by atoms with Crippen LogP contribution in [0.5, 0.6) is 0 Å². The second-order valence-electron chi connectivity index (χ2n) is 9.24. The summed E-state index contributed by atoms with van der Waals surface area (Å²) in [5, 5.41) is 4.29. The first-order valence-electron chi connectivity index (χ1n) is 9.73. The fourth-order valence-corrected chi connectivity index (χ4v) is 6.04. The summed E-state index contributed by atoms with van der Waals surface area (Å²) in [6.07, 6.45) is 0. The van der Waals surface area contributed by atoms with E-state index in [2.05, 4.69) is 120 Å². The average Bonchev–Trinajstić information content (AvgIpc) is 2.62. The maximum absolute atomic E-state index is 2.45. The summed E-state index contributed by atoms with van der Waals surface area (Å²) < 4.78 is 0. The van der Waals surface area contributed by atoms with Gasteiger partial charge in [-0.05, 0) is 45.8 Å². The topological polar surface area (TPSA) is 0 Å². The largest absolute Gasteiger partial charge is 0.0622 e. The van der Waals surface area contributed by atoms with E-state index in [1.807, 2.05) is 0 Å². The fraction of sp³-hybridized carbons (Fsp3) is 0.308. The smallest absolute Gasteiger partial charge is 0.0114 e. The van der Waals surface area contributed by atoms with Crippen LogP contribution in [0.3, 0.4) is 0 Å². The molecule has 0 atom stereocenters. The molecule has 0 saturated carbocycles. The van der Waals surface area contributed by atoms with Crippen molar-refractivity contribution < 1.29 is 0 Å². The summed E-state index contributed by atoms with van der Waals surface area (Å²) in [4.78, 5) is 0. The van der Waals surface area contributed by atoms with Gasteiger partial charge in [0, 0.05) is 0 Å². The van der Waals surface area contributed by atoms with Crippen molar-refractivity contribution in [1.82, 2.24) is 0 Å². The van der Waals surface area contributed by atoms with Crippen LogP contribution < -0.4 is 15.9 Å². The first-order chi connectivity index (χ1) is 12.7. The highest BCUT2D eigenvalue weighted by Gasteiger charge is 2.27. The highest BCUT2D eigenvalue weighted by Crippen LogP contribution is 2.38. The van der Waals surface area contributed by atoms with Gasteiger partial charge in [-0.25, -0.2) is 0 Å². The van der Waals surface area contributed by atoms with Gasteiger partial charge in [0.1, 0.15) is 0 Å². The molecule has 0 aliphatic rings. The van der Waals surface area contributed by atoms with Crippen molar-refractivity contribution >= 4 is 23.8 Å². The van der Waals surface area contributed by atoms with E-state index >= 15 is 0 Å². The molecule has 3 aromatic carbocycles. The van der Waals surface area contributed by atoms with Crippen LogP contribution in [0.2, 0.25) is 0 Å². The monoisotopic (exact) mass is 374 g/mol. The molecule has 3 rings (SSSR count). The zero-order valence-corrected chi connectivity index (χ0v) is 18.3. The Morgan fingerprint density at radius 2 is 1.04 bits per heavy atom. The normalized spacial score (nSPS) is 12.4. The molecule has 0 aliphatic carbocycles. The Morgan fingerprint density at radius 3 is 1.44 bits per heavy atom. The molecule has 0 aromatic heterocycles. The van der Waals surface area contributed by atoms with Crippen molar-refractivity contribution in [3.05, 3.63) is 90.0 Å². The second kappa shape index (κ2) is 7.61. The molecule has 140 valence electrons. The molecule has 0 unspecified atom stereocenters. The van der Waals surface area contributed by atoms with Crippen molar-refractivity contribution in [3.63, 3.8) is 0 Å². The molecule has 0 amide bonds. The lowest BCUT2D eigenvalue weighted by molar-refractivity contribution is 0.571. The molecule has 0 saturated heterocycles. The molecule has 1 heteroatoms.